The summed E-state index contributed by atoms with van der Waals surface area (Å²) in [7, 11) is -3.49. The SMILES string of the molecule is Cc1c(Cl)cccc1NC(=O)[C@H](C)[NH+]1CCN(S(=O)(=O)c2ccccc2)CC1. The first-order chi connectivity index (χ1) is 13.3. The second-order valence-corrected chi connectivity index (χ2v) is 9.34. The Bertz CT molecular complexity index is 942. The number of carbonyl (C=O) groups excluding carboxylic acids is 1. The molecule has 1 saturated heterocycles. The van der Waals surface area contributed by atoms with Gasteiger partial charge < -0.3 is 10.2 Å². The molecule has 28 heavy (non-hydrogen) atoms. The summed E-state index contributed by atoms with van der Waals surface area (Å²) in [6, 6.07) is 13.6. The second-order valence-electron chi connectivity index (χ2n) is 7.00. The normalized spacial score (nSPS) is 17.2. The Kier molecular flexibility index (Phi) is 6.40. The summed E-state index contributed by atoms with van der Waals surface area (Å²) in [6.07, 6.45) is 0. The van der Waals surface area contributed by atoms with Crippen LogP contribution in [0.5, 0.6) is 0 Å². The number of amides is 1. The molecule has 0 spiro atoms. The van der Waals surface area contributed by atoms with Crippen molar-refractivity contribution < 1.29 is 18.1 Å². The fourth-order valence-corrected chi connectivity index (χ4v) is 4.99. The Morgan fingerprint density at radius 2 is 1.75 bits per heavy atom. The van der Waals surface area contributed by atoms with Gasteiger partial charge in [-0.25, -0.2) is 8.42 Å². The third-order valence-electron chi connectivity index (χ3n) is 5.28. The lowest BCUT2D eigenvalue weighted by Crippen LogP contribution is -3.19. The highest BCUT2D eigenvalue weighted by molar-refractivity contribution is 7.89. The van der Waals surface area contributed by atoms with Gasteiger partial charge in [0.25, 0.3) is 5.91 Å². The average molecular weight is 423 g/mol. The van der Waals surface area contributed by atoms with Crippen LogP contribution in [0.15, 0.2) is 53.4 Å². The molecule has 6 nitrogen and oxygen atoms in total. The Balaban J connectivity index is 1.61. The molecule has 0 aliphatic carbocycles. The van der Waals surface area contributed by atoms with Crippen LogP contribution in [0.2, 0.25) is 5.02 Å². The molecular weight excluding hydrogens is 398 g/mol. The molecule has 0 radical (unpaired) electrons. The lowest BCUT2D eigenvalue weighted by Gasteiger charge is -2.34. The van der Waals surface area contributed by atoms with Crippen LogP contribution in [0.1, 0.15) is 12.5 Å². The Morgan fingerprint density at radius 1 is 1.11 bits per heavy atom. The molecule has 0 unspecified atom stereocenters. The van der Waals surface area contributed by atoms with Crippen LogP contribution < -0.4 is 10.2 Å². The van der Waals surface area contributed by atoms with Crippen molar-refractivity contribution in [1.82, 2.24) is 4.31 Å². The van der Waals surface area contributed by atoms with Crippen LogP contribution >= 0.6 is 11.6 Å². The highest BCUT2D eigenvalue weighted by Gasteiger charge is 2.34. The molecule has 150 valence electrons. The van der Waals surface area contributed by atoms with E-state index in [1.807, 2.05) is 19.9 Å². The number of hydrogen-bond donors (Lipinski definition) is 2. The van der Waals surface area contributed by atoms with Gasteiger partial charge in [-0.3, -0.25) is 4.79 Å². The third kappa shape index (κ3) is 4.38. The van der Waals surface area contributed by atoms with E-state index in [-0.39, 0.29) is 11.9 Å². The minimum absolute atomic E-state index is 0.0975. The summed E-state index contributed by atoms with van der Waals surface area (Å²) in [4.78, 5) is 14.0. The quantitative estimate of drug-likeness (QED) is 0.768. The number of anilines is 1. The maximum Gasteiger partial charge on any atom is 0.282 e. The number of sulfonamides is 1. The first-order valence-electron chi connectivity index (χ1n) is 9.26. The van der Waals surface area contributed by atoms with Gasteiger partial charge in [0.2, 0.25) is 10.0 Å². The van der Waals surface area contributed by atoms with Gasteiger partial charge in [0.15, 0.2) is 6.04 Å². The first-order valence-corrected chi connectivity index (χ1v) is 11.1. The predicted molar refractivity (Wildman–Crippen MR) is 110 cm³/mol. The smallest absolute Gasteiger partial charge is 0.282 e. The summed E-state index contributed by atoms with van der Waals surface area (Å²) in [5.41, 5.74) is 1.53. The zero-order valence-corrected chi connectivity index (χ0v) is 17.6. The van der Waals surface area contributed by atoms with Gasteiger partial charge in [-0.1, -0.05) is 35.9 Å². The molecular formula is C20H25ClN3O3S+. The van der Waals surface area contributed by atoms with Gasteiger partial charge in [-0.2, -0.15) is 4.31 Å². The van der Waals surface area contributed by atoms with Gasteiger partial charge >= 0.3 is 0 Å². The van der Waals surface area contributed by atoms with E-state index < -0.39 is 10.0 Å². The molecule has 2 N–H and O–H groups in total. The van der Waals surface area contributed by atoms with E-state index in [0.717, 1.165) is 10.5 Å². The fraction of sp³-hybridized carbons (Fsp3) is 0.350. The number of piperazine rings is 1. The molecule has 3 rings (SSSR count). The molecule has 1 aliphatic rings. The summed E-state index contributed by atoms with van der Waals surface area (Å²) in [6.45, 7) is 5.67. The molecule has 2 aromatic carbocycles. The molecule has 2 aromatic rings. The van der Waals surface area contributed by atoms with Crippen molar-refractivity contribution in [3.8, 4) is 0 Å². The van der Waals surface area contributed by atoms with E-state index in [9.17, 15) is 13.2 Å². The van der Waals surface area contributed by atoms with Gasteiger partial charge in [0, 0.05) is 10.7 Å². The summed E-state index contributed by atoms with van der Waals surface area (Å²) < 4.78 is 27.0. The molecule has 1 heterocycles. The summed E-state index contributed by atoms with van der Waals surface area (Å²) in [5, 5.41) is 3.55. The number of halogens is 1. The number of benzene rings is 2. The zero-order valence-electron chi connectivity index (χ0n) is 16.0. The van der Waals surface area contributed by atoms with Crippen LogP contribution in [0.4, 0.5) is 5.69 Å². The van der Waals surface area contributed by atoms with E-state index in [0.29, 0.717) is 41.8 Å². The van der Waals surface area contributed by atoms with E-state index in [4.69, 9.17) is 11.6 Å². The summed E-state index contributed by atoms with van der Waals surface area (Å²) in [5.74, 6) is -0.0975. The van der Waals surface area contributed by atoms with Crippen LogP contribution in [0.3, 0.4) is 0 Å². The maximum atomic E-state index is 12.7. The standard InChI is InChI=1S/C20H24ClN3O3S/c1-15-18(21)9-6-10-19(15)22-20(25)16(2)23-11-13-24(14-12-23)28(26,27)17-7-4-3-5-8-17/h3-10,16H,11-14H2,1-2H3,(H,22,25)/p+1/t16-/m0/s1. The van der Waals surface area contributed by atoms with Crippen molar-refractivity contribution in [3.05, 3.63) is 59.1 Å². The predicted octanol–water partition coefficient (Wildman–Crippen LogP) is 1.56. The van der Waals surface area contributed by atoms with Crippen molar-refractivity contribution >= 4 is 33.2 Å². The van der Waals surface area contributed by atoms with Crippen molar-refractivity contribution in [2.75, 3.05) is 31.5 Å². The lowest BCUT2D eigenvalue weighted by atomic mass is 10.1. The molecule has 1 atom stereocenters. The van der Waals surface area contributed by atoms with Crippen molar-refractivity contribution in [1.29, 1.82) is 0 Å². The molecule has 0 saturated carbocycles. The molecule has 1 fully saturated rings. The van der Waals surface area contributed by atoms with Crippen LogP contribution in [-0.4, -0.2) is 50.9 Å². The third-order valence-corrected chi connectivity index (χ3v) is 7.60. The minimum atomic E-state index is -3.49. The topological polar surface area (TPSA) is 70.9 Å². The van der Waals surface area contributed by atoms with Gasteiger partial charge in [-0.05, 0) is 43.7 Å². The van der Waals surface area contributed by atoms with Crippen molar-refractivity contribution in [2.45, 2.75) is 24.8 Å². The van der Waals surface area contributed by atoms with Crippen molar-refractivity contribution in [2.24, 2.45) is 0 Å². The molecule has 8 heteroatoms. The average Bonchev–Trinajstić information content (AvgIpc) is 2.71. The molecule has 1 aliphatic heterocycles. The van der Waals surface area contributed by atoms with E-state index in [2.05, 4.69) is 5.32 Å². The van der Waals surface area contributed by atoms with Gasteiger partial charge in [0.05, 0.1) is 31.1 Å². The van der Waals surface area contributed by atoms with E-state index >= 15 is 0 Å². The number of rotatable bonds is 5. The summed E-state index contributed by atoms with van der Waals surface area (Å²) >= 11 is 6.12. The zero-order chi connectivity index (χ0) is 20.3. The second kappa shape index (κ2) is 8.61. The number of hydrogen-bond acceptors (Lipinski definition) is 3. The van der Waals surface area contributed by atoms with E-state index in [1.165, 1.54) is 4.31 Å². The monoisotopic (exact) mass is 422 g/mol. The number of quaternary nitrogens is 1. The number of carbonyl (C=O) groups is 1. The molecule has 1 amide bonds. The first kappa shape index (κ1) is 20.8. The molecule has 0 bridgehead atoms. The van der Waals surface area contributed by atoms with Gasteiger partial charge in [0.1, 0.15) is 0 Å². The lowest BCUT2D eigenvalue weighted by molar-refractivity contribution is -0.917. The minimum Gasteiger partial charge on any atom is -0.323 e. The van der Waals surface area contributed by atoms with E-state index in [1.54, 1.807) is 42.5 Å². The number of nitrogens with one attached hydrogen (secondary N) is 2. The van der Waals surface area contributed by atoms with Crippen LogP contribution in [0, 0.1) is 6.92 Å². The molecule has 0 aromatic heterocycles. The van der Waals surface area contributed by atoms with Crippen LogP contribution in [0.25, 0.3) is 0 Å². The highest BCUT2D eigenvalue weighted by atomic mass is 35.5. The van der Waals surface area contributed by atoms with Gasteiger partial charge in [-0.15, -0.1) is 0 Å². The Hall–Kier alpha value is -1.93. The van der Waals surface area contributed by atoms with Crippen molar-refractivity contribution in [3.63, 3.8) is 0 Å². The number of nitrogens with zero attached hydrogens (tertiary/aromatic N) is 1. The van der Waals surface area contributed by atoms with Crippen LogP contribution in [-0.2, 0) is 14.8 Å². The fourth-order valence-electron chi connectivity index (χ4n) is 3.36. The Labute approximate surface area is 171 Å². The highest BCUT2D eigenvalue weighted by Crippen LogP contribution is 2.23. The maximum absolute atomic E-state index is 12.7. The largest absolute Gasteiger partial charge is 0.323 e. The Morgan fingerprint density at radius 3 is 2.39 bits per heavy atom.